The third kappa shape index (κ3) is 3.08. The Morgan fingerprint density at radius 2 is 2.19 bits per heavy atom. The minimum absolute atomic E-state index is 0.255. The fourth-order valence-corrected chi connectivity index (χ4v) is 3.01. The topological polar surface area (TPSA) is 76.0 Å². The summed E-state index contributed by atoms with van der Waals surface area (Å²) in [6.07, 6.45) is 6.12. The molecule has 112 valence electrons. The van der Waals surface area contributed by atoms with Gasteiger partial charge in [-0.2, -0.15) is 0 Å². The van der Waals surface area contributed by atoms with E-state index in [1.807, 2.05) is 18.6 Å². The molecule has 1 aromatic heterocycles. The van der Waals surface area contributed by atoms with Gasteiger partial charge in [0.05, 0.1) is 23.5 Å². The number of hydrogen-bond acceptors (Lipinski definition) is 4. The Morgan fingerprint density at radius 1 is 1.38 bits per heavy atom. The van der Waals surface area contributed by atoms with Crippen LogP contribution in [0.4, 0.5) is 5.69 Å². The van der Waals surface area contributed by atoms with Crippen molar-refractivity contribution < 1.29 is 8.42 Å². The standard InChI is InChI=1S/C14H18N4O2S/c1-15-21(19,20)14-4-2-3-11(7-14)17-9-13-8-16-10-18(13)12-5-6-12/h2-4,7-8,10,12,15,17H,5-6,9H2,1H3. The molecule has 1 saturated carbocycles. The van der Waals surface area contributed by atoms with Crippen molar-refractivity contribution in [3.63, 3.8) is 0 Å². The van der Waals surface area contributed by atoms with Crippen LogP contribution in [0.5, 0.6) is 0 Å². The maximum absolute atomic E-state index is 11.8. The predicted molar refractivity (Wildman–Crippen MR) is 80.5 cm³/mol. The number of nitrogens with one attached hydrogen (secondary N) is 2. The maximum atomic E-state index is 11.8. The first-order valence-corrected chi connectivity index (χ1v) is 8.36. The summed E-state index contributed by atoms with van der Waals surface area (Å²) in [5.41, 5.74) is 1.88. The van der Waals surface area contributed by atoms with Crippen molar-refractivity contribution in [2.75, 3.05) is 12.4 Å². The fourth-order valence-electron chi connectivity index (χ4n) is 2.23. The van der Waals surface area contributed by atoms with Crippen molar-refractivity contribution >= 4 is 15.7 Å². The highest BCUT2D eigenvalue weighted by Gasteiger charge is 2.25. The van der Waals surface area contributed by atoms with Crippen molar-refractivity contribution in [3.8, 4) is 0 Å². The number of imidazole rings is 1. The smallest absolute Gasteiger partial charge is 0.240 e. The van der Waals surface area contributed by atoms with Crippen molar-refractivity contribution in [2.45, 2.75) is 30.3 Å². The number of nitrogens with zero attached hydrogens (tertiary/aromatic N) is 2. The van der Waals surface area contributed by atoms with E-state index in [1.54, 1.807) is 18.2 Å². The van der Waals surface area contributed by atoms with Gasteiger partial charge in [-0.3, -0.25) is 0 Å². The summed E-state index contributed by atoms with van der Waals surface area (Å²) in [7, 11) is -2.01. The molecule has 0 unspecified atom stereocenters. The first kappa shape index (κ1) is 14.1. The van der Waals surface area contributed by atoms with Crippen LogP contribution < -0.4 is 10.0 Å². The van der Waals surface area contributed by atoms with Crippen LogP contribution in [0.15, 0.2) is 41.7 Å². The number of sulfonamides is 1. The maximum Gasteiger partial charge on any atom is 0.240 e. The average Bonchev–Trinajstić information content (AvgIpc) is 3.24. The Kier molecular flexibility index (Phi) is 3.69. The Labute approximate surface area is 124 Å². The normalized spacial score (nSPS) is 15.1. The van der Waals surface area contributed by atoms with E-state index in [2.05, 4.69) is 19.6 Å². The molecule has 0 spiro atoms. The molecule has 2 N–H and O–H groups in total. The molecule has 0 aliphatic heterocycles. The second-order valence-corrected chi connectivity index (χ2v) is 7.00. The van der Waals surface area contributed by atoms with E-state index in [4.69, 9.17) is 0 Å². The molecule has 1 fully saturated rings. The van der Waals surface area contributed by atoms with E-state index in [0.717, 1.165) is 11.4 Å². The molecule has 0 atom stereocenters. The predicted octanol–water partition coefficient (Wildman–Crippen LogP) is 1.74. The van der Waals surface area contributed by atoms with Gasteiger partial charge in [-0.05, 0) is 38.1 Å². The molecule has 1 aromatic carbocycles. The minimum Gasteiger partial charge on any atom is -0.379 e. The average molecular weight is 306 g/mol. The number of benzene rings is 1. The highest BCUT2D eigenvalue weighted by Crippen LogP contribution is 2.35. The second-order valence-electron chi connectivity index (χ2n) is 5.11. The lowest BCUT2D eigenvalue weighted by Gasteiger charge is -2.10. The van der Waals surface area contributed by atoms with Crippen molar-refractivity contribution in [3.05, 3.63) is 42.5 Å². The quantitative estimate of drug-likeness (QED) is 0.852. The second kappa shape index (κ2) is 5.50. The molecule has 1 aliphatic rings. The summed E-state index contributed by atoms with van der Waals surface area (Å²) < 4.78 is 28.1. The highest BCUT2D eigenvalue weighted by atomic mass is 32.2. The van der Waals surface area contributed by atoms with Gasteiger partial charge in [0.2, 0.25) is 10.0 Å². The summed E-state index contributed by atoms with van der Waals surface area (Å²) in [5.74, 6) is 0. The van der Waals surface area contributed by atoms with Crippen molar-refractivity contribution in [1.29, 1.82) is 0 Å². The Morgan fingerprint density at radius 3 is 2.90 bits per heavy atom. The number of anilines is 1. The zero-order valence-corrected chi connectivity index (χ0v) is 12.6. The summed E-state index contributed by atoms with van der Waals surface area (Å²) in [5, 5.41) is 3.25. The lowest BCUT2D eigenvalue weighted by atomic mass is 10.3. The monoisotopic (exact) mass is 306 g/mol. The Bertz CT molecular complexity index is 735. The van der Waals surface area contributed by atoms with E-state index in [1.165, 1.54) is 19.9 Å². The third-order valence-corrected chi connectivity index (χ3v) is 4.99. The van der Waals surface area contributed by atoms with Gasteiger partial charge in [0.15, 0.2) is 0 Å². The van der Waals surface area contributed by atoms with E-state index in [0.29, 0.717) is 12.6 Å². The van der Waals surface area contributed by atoms with E-state index >= 15 is 0 Å². The SMILES string of the molecule is CNS(=O)(=O)c1cccc(NCc2cncn2C2CC2)c1. The molecule has 21 heavy (non-hydrogen) atoms. The fraction of sp³-hybridized carbons (Fsp3) is 0.357. The van der Waals surface area contributed by atoms with Gasteiger partial charge in [-0.25, -0.2) is 18.1 Å². The minimum atomic E-state index is -3.41. The molecule has 0 radical (unpaired) electrons. The van der Waals surface area contributed by atoms with Gasteiger partial charge in [0, 0.05) is 17.9 Å². The van der Waals surface area contributed by atoms with Crippen LogP contribution >= 0.6 is 0 Å². The van der Waals surface area contributed by atoms with Gasteiger partial charge in [-0.15, -0.1) is 0 Å². The first-order chi connectivity index (χ1) is 10.1. The van der Waals surface area contributed by atoms with Gasteiger partial charge in [0.25, 0.3) is 0 Å². The third-order valence-electron chi connectivity index (χ3n) is 3.57. The number of aromatic nitrogens is 2. The molecule has 0 saturated heterocycles. The molecule has 0 bridgehead atoms. The van der Waals surface area contributed by atoms with Crippen LogP contribution in [0.3, 0.4) is 0 Å². The summed E-state index contributed by atoms with van der Waals surface area (Å²) in [6, 6.07) is 7.37. The number of rotatable bonds is 6. The molecule has 6 nitrogen and oxygen atoms in total. The first-order valence-electron chi connectivity index (χ1n) is 6.88. The van der Waals surface area contributed by atoms with Crippen LogP contribution in [0.1, 0.15) is 24.6 Å². The Hall–Kier alpha value is -1.86. The largest absolute Gasteiger partial charge is 0.379 e. The molecule has 0 amide bonds. The molecule has 2 aromatic rings. The van der Waals surface area contributed by atoms with Gasteiger partial charge in [-0.1, -0.05) is 6.07 Å². The van der Waals surface area contributed by atoms with Crippen LogP contribution in [0, 0.1) is 0 Å². The van der Waals surface area contributed by atoms with Gasteiger partial charge >= 0.3 is 0 Å². The van der Waals surface area contributed by atoms with Crippen LogP contribution in [-0.2, 0) is 16.6 Å². The molecule has 1 aliphatic carbocycles. The lowest BCUT2D eigenvalue weighted by Crippen LogP contribution is -2.18. The molecule has 3 rings (SSSR count). The molecule has 7 heteroatoms. The summed E-state index contributed by atoms with van der Waals surface area (Å²) >= 11 is 0. The molecular formula is C14H18N4O2S. The van der Waals surface area contributed by atoms with Crippen LogP contribution in [0.25, 0.3) is 0 Å². The van der Waals surface area contributed by atoms with E-state index < -0.39 is 10.0 Å². The van der Waals surface area contributed by atoms with Gasteiger partial charge < -0.3 is 9.88 Å². The van der Waals surface area contributed by atoms with E-state index in [-0.39, 0.29) is 4.90 Å². The zero-order chi connectivity index (χ0) is 14.9. The van der Waals surface area contributed by atoms with Crippen LogP contribution in [0.2, 0.25) is 0 Å². The molecular weight excluding hydrogens is 288 g/mol. The summed E-state index contributed by atoms with van der Waals surface area (Å²) in [4.78, 5) is 4.44. The molecule has 1 heterocycles. The van der Waals surface area contributed by atoms with Crippen molar-refractivity contribution in [1.82, 2.24) is 14.3 Å². The van der Waals surface area contributed by atoms with Crippen molar-refractivity contribution in [2.24, 2.45) is 0 Å². The zero-order valence-electron chi connectivity index (χ0n) is 11.8. The number of hydrogen-bond donors (Lipinski definition) is 2. The summed E-state index contributed by atoms with van der Waals surface area (Å²) in [6.45, 7) is 0.625. The van der Waals surface area contributed by atoms with Crippen LogP contribution in [-0.4, -0.2) is 25.0 Å². The lowest BCUT2D eigenvalue weighted by molar-refractivity contribution is 0.588. The highest BCUT2D eigenvalue weighted by molar-refractivity contribution is 7.89. The Balaban J connectivity index is 1.73. The van der Waals surface area contributed by atoms with E-state index in [9.17, 15) is 8.42 Å². The van der Waals surface area contributed by atoms with Gasteiger partial charge in [0.1, 0.15) is 0 Å².